The fourth-order valence-corrected chi connectivity index (χ4v) is 2.34. The van der Waals surface area contributed by atoms with Crippen LogP contribution in [0.15, 0.2) is 36.9 Å². The van der Waals surface area contributed by atoms with E-state index in [9.17, 15) is 0 Å². The lowest BCUT2D eigenvalue weighted by Gasteiger charge is -2.17. The molecule has 2 rings (SSSR count). The van der Waals surface area contributed by atoms with E-state index in [1.165, 1.54) is 0 Å². The summed E-state index contributed by atoms with van der Waals surface area (Å²) in [6.07, 6.45) is 6.01. The van der Waals surface area contributed by atoms with Crippen molar-refractivity contribution < 1.29 is 9.47 Å². The SMILES string of the molecule is C=CCOc1c(Cl)cc(CN2CC=CC2)cc1OC. The monoisotopic (exact) mass is 279 g/mol. The first-order valence-corrected chi connectivity index (χ1v) is 6.60. The molecule has 4 heteroatoms. The fraction of sp³-hybridized carbons (Fsp3) is 0.333. The van der Waals surface area contributed by atoms with Crippen molar-refractivity contribution in [1.29, 1.82) is 0 Å². The molecule has 0 saturated heterocycles. The Morgan fingerprint density at radius 1 is 1.37 bits per heavy atom. The molecule has 0 N–H and O–H groups in total. The van der Waals surface area contributed by atoms with Crippen LogP contribution in [0.3, 0.4) is 0 Å². The molecular formula is C15H18ClNO2. The Morgan fingerprint density at radius 3 is 2.74 bits per heavy atom. The van der Waals surface area contributed by atoms with Gasteiger partial charge in [-0.25, -0.2) is 0 Å². The highest BCUT2D eigenvalue weighted by atomic mass is 35.5. The number of methoxy groups -OCH3 is 1. The van der Waals surface area contributed by atoms with Crippen LogP contribution < -0.4 is 9.47 Å². The maximum atomic E-state index is 6.26. The minimum Gasteiger partial charge on any atom is -0.493 e. The van der Waals surface area contributed by atoms with Crippen molar-refractivity contribution in [3.8, 4) is 11.5 Å². The van der Waals surface area contributed by atoms with E-state index in [1.807, 2.05) is 12.1 Å². The van der Waals surface area contributed by atoms with E-state index < -0.39 is 0 Å². The molecule has 1 heterocycles. The highest BCUT2D eigenvalue weighted by Gasteiger charge is 2.14. The van der Waals surface area contributed by atoms with Gasteiger partial charge in [-0.15, -0.1) is 0 Å². The zero-order valence-corrected chi connectivity index (χ0v) is 11.8. The summed E-state index contributed by atoms with van der Waals surface area (Å²) >= 11 is 6.26. The first kappa shape index (κ1) is 14.0. The first-order chi connectivity index (χ1) is 9.24. The Hall–Kier alpha value is -1.45. The molecule has 0 radical (unpaired) electrons. The summed E-state index contributed by atoms with van der Waals surface area (Å²) < 4.78 is 10.9. The minimum atomic E-state index is 0.408. The average Bonchev–Trinajstić information content (AvgIpc) is 2.90. The Morgan fingerprint density at radius 2 is 2.11 bits per heavy atom. The largest absolute Gasteiger partial charge is 0.493 e. The zero-order chi connectivity index (χ0) is 13.7. The van der Waals surface area contributed by atoms with Crippen LogP contribution in [0.4, 0.5) is 0 Å². The topological polar surface area (TPSA) is 21.7 Å². The third-order valence-electron chi connectivity index (χ3n) is 2.93. The summed E-state index contributed by atoms with van der Waals surface area (Å²) in [5.41, 5.74) is 1.12. The zero-order valence-electron chi connectivity index (χ0n) is 11.1. The van der Waals surface area contributed by atoms with Crippen LogP contribution in [0.2, 0.25) is 5.02 Å². The molecule has 0 atom stereocenters. The molecule has 0 amide bonds. The van der Waals surface area contributed by atoms with Crippen LogP contribution >= 0.6 is 11.6 Å². The summed E-state index contributed by atoms with van der Waals surface area (Å²) in [5, 5.41) is 0.573. The van der Waals surface area contributed by atoms with Gasteiger partial charge in [-0.1, -0.05) is 36.4 Å². The van der Waals surface area contributed by atoms with Gasteiger partial charge in [-0.3, -0.25) is 4.90 Å². The maximum absolute atomic E-state index is 6.26. The van der Waals surface area contributed by atoms with Gasteiger partial charge >= 0.3 is 0 Å². The van der Waals surface area contributed by atoms with Crippen LogP contribution in [0.25, 0.3) is 0 Å². The van der Waals surface area contributed by atoms with Gasteiger partial charge in [-0.05, 0) is 17.7 Å². The summed E-state index contributed by atoms with van der Waals surface area (Å²) in [5.74, 6) is 1.24. The summed E-state index contributed by atoms with van der Waals surface area (Å²) in [6, 6.07) is 3.91. The van der Waals surface area contributed by atoms with Crippen molar-refractivity contribution in [2.24, 2.45) is 0 Å². The van der Waals surface area contributed by atoms with Gasteiger partial charge in [0.25, 0.3) is 0 Å². The molecule has 0 unspecified atom stereocenters. The van der Waals surface area contributed by atoms with E-state index in [2.05, 4.69) is 23.6 Å². The molecule has 3 nitrogen and oxygen atoms in total. The second-order valence-corrected chi connectivity index (χ2v) is 4.78. The summed E-state index contributed by atoms with van der Waals surface area (Å²) in [6.45, 7) is 6.85. The number of hydrogen-bond acceptors (Lipinski definition) is 3. The number of benzene rings is 1. The summed E-state index contributed by atoms with van der Waals surface area (Å²) in [4.78, 5) is 2.31. The van der Waals surface area contributed by atoms with Gasteiger partial charge in [0.2, 0.25) is 0 Å². The van der Waals surface area contributed by atoms with E-state index in [0.29, 0.717) is 23.1 Å². The average molecular weight is 280 g/mol. The Bertz CT molecular complexity index is 477. The molecule has 19 heavy (non-hydrogen) atoms. The van der Waals surface area contributed by atoms with Crippen molar-refractivity contribution in [2.45, 2.75) is 6.54 Å². The number of halogens is 1. The molecule has 1 aromatic rings. The Kier molecular flexibility index (Phi) is 4.88. The molecule has 0 aromatic heterocycles. The van der Waals surface area contributed by atoms with Gasteiger partial charge < -0.3 is 9.47 Å². The van der Waals surface area contributed by atoms with Crippen LogP contribution in [-0.4, -0.2) is 31.7 Å². The van der Waals surface area contributed by atoms with Crippen molar-refractivity contribution in [2.75, 3.05) is 26.8 Å². The van der Waals surface area contributed by atoms with Gasteiger partial charge in [0, 0.05) is 19.6 Å². The Labute approximate surface area is 119 Å². The lowest BCUT2D eigenvalue weighted by atomic mass is 10.2. The van der Waals surface area contributed by atoms with Crippen molar-refractivity contribution >= 4 is 11.6 Å². The van der Waals surface area contributed by atoms with Crippen LogP contribution in [0.5, 0.6) is 11.5 Å². The molecule has 0 aliphatic carbocycles. The molecule has 1 aliphatic heterocycles. The van der Waals surface area contributed by atoms with Gasteiger partial charge in [0.1, 0.15) is 6.61 Å². The molecule has 0 saturated carbocycles. The normalized spacial score (nSPS) is 14.6. The van der Waals surface area contributed by atoms with Gasteiger partial charge in [-0.2, -0.15) is 0 Å². The van der Waals surface area contributed by atoms with Gasteiger partial charge in [0.15, 0.2) is 11.5 Å². The number of nitrogens with zero attached hydrogens (tertiary/aromatic N) is 1. The second-order valence-electron chi connectivity index (χ2n) is 4.37. The van der Waals surface area contributed by atoms with Gasteiger partial charge in [0.05, 0.1) is 12.1 Å². The Balaban J connectivity index is 2.17. The maximum Gasteiger partial charge on any atom is 0.180 e. The lowest BCUT2D eigenvalue weighted by molar-refractivity contribution is 0.322. The van der Waals surface area contributed by atoms with E-state index in [1.54, 1.807) is 13.2 Å². The second kappa shape index (κ2) is 6.64. The molecule has 1 aromatic carbocycles. The van der Waals surface area contributed by atoms with E-state index in [4.69, 9.17) is 21.1 Å². The number of ether oxygens (including phenoxy) is 2. The molecule has 102 valence electrons. The number of rotatable bonds is 6. The molecule has 1 aliphatic rings. The molecular weight excluding hydrogens is 262 g/mol. The highest BCUT2D eigenvalue weighted by Crippen LogP contribution is 2.36. The van der Waals surface area contributed by atoms with E-state index >= 15 is 0 Å². The van der Waals surface area contributed by atoms with Crippen LogP contribution in [-0.2, 0) is 6.54 Å². The lowest BCUT2D eigenvalue weighted by Crippen LogP contribution is -2.19. The third-order valence-corrected chi connectivity index (χ3v) is 3.22. The first-order valence-electron chi connectivity index (χ1n) is 6.22. The predicted molar refractivity (Wildman–Crippen MR) is 78.1 cm³/mol. The third kappa shape index (κ3) is 3.52. The minimum absolute atomic E-state index is 0.408. The molecule has 0 fully saturated rings. The van der Waals surface area contributed by atoms with E-state index in [-0.39, 0.29) is 0 Å². The fourth-order valence-electron chi connectivity index (χ4n) is 2.06. The quantitative estimate of drug-likeness (QED) is 0.746. The van der Waals surface area contributed by atoms with Crippen molar-refractivity contribution in [1.82, 2.24) is 4.90 Å². The number of hydrogen-bond donors (Lipinski definition) is 0. The smallest absolute Gasteiger partial charge is 0.180 e. The summed E-state index contributed by atoms with van der Waals surface area (Å²) in [7, 11) is 1.62. The van der Waals surface area contributed by atoms with E-state index in [0.717, 1.165) is 25.2 Å². The van der Waals surface area contributed by atoms with Crippen LogP contribution in [0, 0.1) is 0 Å². The highest BCUT2D eigenvalue weighted by molar-refractivity contribution is 6.32. The predicted octanol–water partition coefficient (Wildman–Crippen LogP) is 3.29. The van der Waals surface area contributed by atoms with Crippen molar-refractivity contribution in [3.63, 3.8) is 0 Å². The van der Waals surface area contributed by atoms with Crippen LogP contribution in [0.1, 0.15) is 5.56 Å². The van der Waals surface area contributed by atoms with Crippen molar-refractivity contribution in [3.05, 3.63) is 47.5 Å². The standard InChI is InChI=1S/C15H18ClNO2/c1-3-8-19-15-13(16)9-12(10-14(15)18-2)11-17-6-4-5-7-17/h3-5,9-10H,1,6-8,11H2,2H3. The molecule has 0 bridgehead atoms. The molecule has 0 spiro atoms.